The van der Waals surface area contributed by atoms with Crippen molar-refractivity contribution in [2.45, 2.75) is 13.3 Å². The number of benzene rings is 1. The van der Waals surface area contributed by atoms with Crippen LogP contribution in [0.25, 0.3) is 0 Å². The van der Waals surface area contributed by atoms with E-state index in [0.29, 0.717) is 11.0 Å². The fourth-order valence-corrected chi connectivity index (χ4v) is 1.47. The standard InChI is InChI=1S/C12H14BrFN2O2/c1-2-5-15-11(17)7-16-12(18)8-3-4-9(13)10(14)6-8/h3-4,6H,2,5,7H2,1H3,(H,15,17)(H,16,18). The van der Waals surface area contributed by atoms with E-state index in [4.69, 9.17) is 0 Å². The van der Waals surface area contributed by atoms with Gasteiger partial charge in [-0.1, -0.05) is 6.92 Å². The molecule has 6 heteroatoms. The first kappa shape index (κ1) is 14.6. The summed E-state index contributed by atoms with van der Waals surface area (Å²) in [5.74, 6) is -1.26. The van der Waals surface area contributed by atoms with Gasteiger partial charge in [-0.2, -0.15) is 0 Å². The molecule has 4 nitrogen and oxygen atoms in total. The van der Waals surface area contributed by atoms with Gasteiger partial charge >= 0.3 is 0 Å². The molecule has 1 aromatic carbocycles. The summed E-state index contributed by atoms with van der Waals surface area (Å²) in [4.78, 5) is 22.9. The lowest BCUT2D eigenvalue weighted by Crippen LogP contribution is -2.37. The number of halogens is 2. The Morgan fingerprint density at radius 1 is 1.33 bits per heavy atom. The van der Waals surface area contributed by atoms with Crippen LogP contribution >= 0.6 is 15.9 Å². The van der Waals surface area contributed by atoms with Crippen LogP contribution in [-0.4, -0.2) is 24.9 Å². The van der Waals surface area contributed by atoms with E-state index in [1.165, 1.54) is 12.1 Å². The lowest BCUT2D eigenvalue weighted by Gasteiger charge is -2.06. The maximum atomic E-state index is 13.2. The van der Waals surface area contributed by atoms with Gasteiger partial charge in [-0.05, 0) is 40.5 Å². The van der Waals surface area contributed by atoms with E-state index in [-0.39, 0.29) is 18.0 Å². The van der Waals surface area contributed by atoms with Crippen LogP contribution in [0.4, 0.5) is 4.39 Å². The van der Waals surface area contributed by atoms with Crippen LogP contribution in [0.3, 0.4) is 0 Å². The molecule has 18 heavy (non-hydrogen) atoms. The van der Waals surface area contributed by atoms with E-state index in [2.05, 4.69) is 26.6 Å². The third-order valence-electron chi connectivity index (χ3n) is 2.16. The molecule has 0 aliphatic heterocycles. The molecule has 0 fully saturated rings. The Morgan fingerprint density at radius 3 is 2.67 bits per heavy atom. The smallest absolute Gasteiger partial charge is 0.251 e. The molecule has 0 aliphatic carbocycles. The zero-order chi connectivity index (χ0) is 13.5. The van der Waals surface area contributed by atoms with Crippen LogP contribution in [0.5, 0.6) is 0 Å². The van der Waals surface area contributed by atoms with Gasteiger partial charge in [-0.15, -0.1) is 0 Å². The lowest BCUT2D eigenvalue weighted by molar-refractivity contribution is -0.120. The molecule has 0 spiro atoms. The molecule has 0 saturated carbocycles. The highest BCUT2D eigenvalue weighted by atomic mass is 79.9. The van der Waals surface area contributed by atoms with Crippen molar-refractivity contribution in [2.75, 3.05) is 13.1 Å². The first-order valence-corrected chi connectivity index (χ1v) is 6.34. The second kappa shape index (κ2) is 7.10. The summed E-state index contributed by atoms with van der Waals surface area (Å²) in [5.41, 5.74) is 0.180. The van der Waals surface area contributed by atoms with Crippen LogP contribution in [0, 0.1) is 5.82 Å². The highest BCUT2D eigenvalue weighted by molar-refractivity contribution is 9.10. The number of carbonyl (C=O) groups excluding carboxylic acids is 2. The fraction of sp³-hybridized carbons (Fsp3) is 0.333. The molecule has 0 bridgehead atoms. The molecular weight excluding hydrogens is 303 g/mol. The number of nitrogens with one attached hydrogen (secondary N) is 2. The Balaban J connectivity index is 2.50. The summed E-state index contributed by atoms with van der Waals surface area (Å²) in [5, 5.41) is 5.05. The van der Waals surface area contributed by atoms with E-state index < -0.39 is 11.7 Å². The quantitative estimate of drug-likeness (QED) is 0.871. The van der Waals surface area contributed by atoms with Crippen molar-refractivity contribution in [3.63, 3.8) is 0 Å². The Bertz CT molecular complexity index is 452. The minimum Gasteiger partial charge on any atom is -0.355 e. The van der Waals surface area contributed by atoms with Gasteiger partial charge in [0.2, 0.25) is 5.91 Å². The molecule has 0 atom stereocenters. The Hall–Kier alpha value is -1.43. The molecule has 0 unspecified atom stereocenters. The molecular formula is C12H14BrFN2O2. The Kier molecular flexibility index (Phi) is 5.77. The van der Waals surface area contributed by atoms with Crippen molar-refractivity contribution in [2.24, 2.45) is 0 Å². The maximum Gasteiger partial charge on any atom is 0.251 e. The van der Waals surface area contributed by atoms with Crippen molar-refractivity contribution in [3.05, 3.63) is 34.1 Å². The summed E-state index contributed by atoms with van der Waals surface area (Å²) in [7, 11) is 0. The number of carbonyl (C=O) groups is 2. The van der Waals surface area contributed by atoms with Gasteiger partial charge in [-0.25, -0.2) is 4.39 Å². The van der Waals surface area contributed by atoms with Crippen molar-refractivity contribution in [1.82, 2.24) is 10.6 Å². The van der Waals surface area contributed by atoms with E-state index in [9.17, 15) is 14.0 Å². The van der Waals surface area contributed by atoms with Crippen LogP contribution in [0.1, 0.15) is 23.7 Å². The van der Waals surface area contributed by atoms with Gasteiger partial charge in [0.25, 0.3) is 5.91 Å². The summed E-state index contributed by atoms with van der Waals surface area (Å²) < 4.78 is 13.5. The van der Waals surface area contributed by atoms with E-state index >= 15 is 0 Å². The predicted octanol–water partition coefficient (Wildman–Crippen LogP) is 1.84. The van der Waals surface area contributed by atoms with Crippen molar-refractivity contribution in [1.29, 1.82) is 0 Å². The molecule has 0 radical (unpaired) electrons. The van der Waals surface area contributed by atoms with Crippen LogP contribution in [0.15, 0.2) is 22.7 Å². The Morgan fingerprint density at radius 2 is 2.06 bits per heavy atom. The number of hydrogen-bond donors (Lipinski definition) is 2. The van der Waals surface area contributed by atoms with Crippen molar-refractivity contribution >= 4 is 27.7 Å². The van der Waals surface area contributed by atoms with Gasteiger partial charge < -0.3 is 10.6 Å². The largest absolute Gasteiger partial charge is 0.355 e. The first-order valence-electron chi connectivity index (χ1n) is 5.54. The van der Waals surface area contributed by atoms with Crippen LogP contribution < -0.4 is 10.6 Å². The van der Waals surface area contributed by atoms with Gasteiger partial charge in [0, 0.05) is 12.1 Å². The molecule has 0 saturated heterocycles. The molecule has 2 N–H and O–H groups in total. The normalized spacial score (nSPS) is 9.94. The topological polar surface area (TPSA) is 58.2 Å². The average Bonchev–Trinajstić information content (AvgIpc) is 2.36. The van der Waals surface area contributed by atoms with Crippen LogP contribution in [0.2, 0.25) is 0 Å². The Labute approximate surface area is 113 Å². The molecule has 1 rings (SSSR count). The molecule has 0 aromatic heterocycles. The SMILES string of the molecule is CCCNC(=O)CNC(=O)c1ccc(Br)c(F)c1. The molecule has 0 aliphatic rings. The summed E-state index contributed by atoms with van der Waals surface area (Å²) in [6.45, 7) is 2.39. The zero-order valence-electron chi connectivity index (χ0n) is 9.93. The molecule has 0 heterocycles. The van der Waals surface area contributed by atoms with E-state index in [1.54, 1.807) is 0 Å². The summed E-state index contributed by atoms with van der Waals surface area (Å²) in [6.07, 6.45) is 0.831. The van der Waals surface area contributed by atoms with E-state index in [1.807, 2.05) is 6.92 Å². The van der Waals surface area contributed by atoms with Gasteiger partial charge in [0.15, 0.2) is 0 Å². The molecule has 2 amide bonds. The maximum absolute atomic E-state index is 13.2. The summed E-state index contributed by atoms with van der Waals surface area (Å²) >= 11 is 3.00. The summed E-state index contributed by atoms with van der Waals surface area (Å²) in [6, 6.07) is 4.04. The third kappa shape index (κ3) is 4.44. The highest BCUT2D eigenvalue weighted by Crippen LogP contribution is 2.16. The zero-order valence-corrected chi connectivity index (χ0v) is 11.5. The number of amides is 2. The number of rotatable bonds is 5. The van der Waals surface area contributed by atoms with Gasteiger partial charge in [-0.3, -0.25) is 9.59 Å². The minimum absolute atomic E-state index is 0.115. The van der Waals surface area contributed by atoms with E-state index in [0.717, 1.165) is 12.5 Å². The van der Waals surface area contributed by atoms with Crippen LogP contribution in [-0.2, 0) is 4.79 Å². The monoisotopic (exact) mass is 316 g/mol. The third-order valence-corrected chi connectivity index (χ3v) is 2.81. The highest BCUT2D eigenvalue weighted by Gasteiger charge is 2.09. The second-order valence-electron chi connectivity index (χ2n) is 3.66. The lowest BCUT2D eigenvalue weighted by atomic mass is 10.2. The van der Waals surface area contributed by atoms with Crippen molar-refractivity contribution < 1.29 is 14.0 Å². The minimum atomic E-state index is -0.516. The molecule has 1 aromatic rings. The number of hydrogen-bond acceptors (Lipinski definition) is 2. The molecule has 98 valence electrons. The second-order valence-corrected chi connectivity index (χ2v) is 4.52. The predicted molar refractivity (Wildman–Crippen MR) is 69.7 cm³/mol. The van der Waals surface area contributed by atoms with Gasteiger partial charge in [0.05, 0.1) is 11.0 Å². The van der Waals surface area contributed by atoms with Crippen molar-refractivity contribution in [3.8, 4) is 0 Å². The first-order chi connectivity index (χ1) is 8.54. The van der Waals surface area contributed by atoms with Gasteiger partial charge in [0.1, 0.15) is 5.82 Å². The average molecular weight is 317 g/mol. The fourth-order valence-electron chi connectivity index (χ4n) is 1.23.